The molecule has 0 bridgehead atoms. The lowest BCUT2D eigenvalue weighted by Gasteiger charge is -2.23. The van der Waals surface area contributed by atoms with E-state index in [9.17, 15) is 9.59 Å². The number of carbonyl (C=O) groups excluding carboxylic acids is 2. The predicted octanol–water partition coefficient (Wildman–Crippen LogP) is 10.2. The van der Waals surface area contributed by atoms with Crippen molar-refractivity contribution >= 4 is 34.5 Å². The Balaban J connectivity index is 0.907. The lowest BCUT2D eigenvalue weighted by Crippen LogP contribution is -2.30. The average molecular weight is 757 g/mol. The van der Waals surface area contributed by atoms with Crippen LogP contribution >= 0.6 is 22.7 Å². The van der Waals surface area contributed by atoms with E-state index >= 15 is 0 Å². The van der Waals surface area contributed by atoms with Gasteiger partial charge in [0.15, 0.2) is 0 Å². The average Bonchev–Trinajstić information content (AvgIpc) is 4.03. The van der Waals surface area contributed by atoms with Crippen molar-refractivity contribution in [3.63, 3.8) is 0 Å². The van der Waals surface area contributed by atoms with Gasteiger partial charge in [-0.2, -0.15) is 0 Å². The molecule has 10 heteroatoms. The monoisotopic (exact) mass is 756 g/mol. The number of amides is 2. The van der Waals surface area contributed by atoms with E-state index in [0.717, 1.165) is 104 Å². The van der Waals surface area contributed by atoms with E-state index in [1.54, 1.807) is 22.7 Å². The normalized spacial score (nSPS) is 17.1. The van der Waals surface area contributed by atoms with Gasteiger partial charge in [-0.15, -0.1) is 22.7 Å². The van der Waals surface area contributed by atoms with Crippen molar-refractivity contribution in [2.75, 3.05) is 13.1 Å². The van der Waals surface area contributed by atoms with Crippen LogP contribution in [-0.2, 0) is 22.4 Å². The number of aromatic amines is 2. The number of rotatable bonds is 13. The van der Waals surface area contributed by atoms with Crippen LogP contribution in [0.1, 0.15) is 96.0 Å². The molecule has 0 saturated carbocycles. The second-order valence-corrected chi connectivity index (χ2v) is 16.8. The number of aromatic nitrogens is 4. The minimum atomic E-state index is 0.00405. The molecule has 0 spiro atoms. The fraction of sp³-hybridized carbons (Fsp3) is 0.364. The van der Waals surface area contributed by atoms with E-state index in [0.29, 0.717) is 12.8 Å². The first-order chi connectivity index (χ1) is 26.4. The number of carbonyl (C=O) groups is 2. The Morgan fingerprint density at radius 2 is 1.17 bits per heavy atom. The smallest absolute Gasteiger partial charge is 0.223 e. The highest BCUT2D eigenvalue weighted by atomic mass is 32.1. The molecular formula is C44H48N6O2S2. The van der Waals surface area contributed by atoms with Gasteiger partial charge in [-0.1, -0.05) is 48.5 Å². The van der Waals surface area contributed by atoms with Crippen molar-refractivity contribution in [3.05, 3.63) is 116 Å². The third-order valence-corrected chi connectivity index (χ3v) is 13.2. The summed E-state index contributed by atoms with van der Waals surface area (Å²) >= 11 is 3.52. The molecule has 1 unspecified atom stereocenters. The third-order valence-electron chi connectivity index (χ3n) is 11.3. The molecule has 2 aliphatic rings. The van der Waals surface area contributed by atoms with Crippen LogP contribution in [0.4, 0.5) is 0 Å². The van der Waals surface area contributed by atoms with Gasteiger partial charge >= 0.3 is 0 Å². The van der Waals surface area contributed by atoms with Crippen LogP contribution in [-0.4, -0.2) is 54.6 Å². The molecule has 2 amide bonds. The van der Waals surface area contributed by atoms with E-state index < -0.39 is 0 Å². The van der Waals surface area contributed by atoms with Gasteiger partial charge in [-0.05, 0) is 116 Å². The molecular weight excluding hydrogens is 709 g/mol. The number of hydrogen-bond acceptors (Lipinski definition) is 6. The van der Waals surface area contributed by atoms with Gasteiger partial charge in [0, 0.05) is 41.2 Å². The van der Waals surface area contributed by atoms with Crippen LogP contribution in [0.25, 0.3) is 33.6 Å². The Bertz CT molecular complexity index is 2180. The lowest BCUT2D eigenvalue weighted by atomic mass is 9.92. The van der Waals surface area contributed by atoms with E-state index in [1.165, 1.54) is 26.4 Å². The molecule has 2 saturated heterocycles. The SMILES string of the molecule is Cc1c(-c2ccc(-c3cnc(C4CCCN4C(=O)CCCc4cccs4)[nH]3)cc2)ccc(-c2cnc([C@@H]3CCCN3C(=O)CCCc3cccs3)[nH]2)c1C. The summed E-state index contributed by atoms with van der Waals surface area (Å²) in [6.07, 6.45) is 12.5. The summed E-state index contributed by atoms with van der Waals surface area (Å²) in [6, 6.07) is 21.5. The number of nitrogens with zero attached hydrogens (tertiary/aromatic N) is 4. The molecule has 0 radical (unpaired) electrons. The highest BCUT2D eigenvalue weighted by Crippen LogP contribution is 2.37. The maximum absolute atomic E-state index is 13.2. The summed E-state index contributed by atoms with van der Waals surface area (Å²) in [7, 11) is 0. The third kappa shape index (κ3) is 7.72. The standard InChI is InChI=1S/C44H48N6O2S2/c1-29-30(2)36(38-28-46-44(48-38)40-14-6-24-50(40)42(52)16-4-10-34-12-8-26-54-34)22-21-35(29)31-17-19-32(20-18-31)37-27-45-43(47-37)39-13-5-23-49(39)41(51)15-3-9-33-11-7-25-53-33/h7-8,11-12,17-22,25-28,39-40H,3-6,9-10,13-16,23-24H2,1-2H3,(H,45,47)(H,46,48)/t39?,40-/m0/s1. The Hall–Kier alpha value is -4.80. The van der Waals surface area contributed by atoms with Crippen LogP contribution in [0.15, 0.2) is 83.8 Å². The van der Waals surface area contributed by atoms with E-state index in [4.69, 9.17) is 9.97 Å². The molecule has 6 heterocycles. The van der Waals surface area contributed by atoms with Gasteiger partial charge in [-0.25, -0.2) is 9.97 Å². The molecule has 8 rings (SSSR count). The first-order valence-corrected chi connectivity index (χ1v) is 21.1. The molecule has 8 nitrogen and oxygen atoms in total. The minimum absolute atomic E-state index is 0.00405. The maximum Gasteiger partial charge on any atom is 0.223 e. The quantitative estimate of drug-likeness (QED) is 0.123. The fourth-order valence-corrected chi connectivity index (χ4v) is 9.78. The zero-order chi connectivity index (χ0) is 37.0. The van der Waals surface area contributed by atoms with Crippen molar-refractivity contribution in [2.45, 2.75) is 90.1 Å². The largest absolute Gasteiger partial charge is 0.340 e. The van der Waals surface area contributed by atoms with Crippen molar-refractivity contribution in [1.82, 2.24) is 29.7 Å². The Morgan fingerprint density at radius 1 is 0.667 bits per heavy atom. The van der Waals surface area contributed by atoms with Gasteiger partial charge < -0.3 is 19.8 Å². The lowest BCUT2D eigenvalue weighted by molar-refractivity contribution is -0.133. The van der Waals surface area contributed by atoms with Gasteiger partial charge in [0.05, 0.1) is 35.9 Å². The summed E-state index contributed by atoms with van der Waals surface area (Å²) < 4.78 is 0. The molecule has 2 atom stereocenters. The number of hydrogen-bond donors (Lipinski definition) is 2. The van der Waals surface area contributed by atoms with Gasteiger partial charge in [0.2, 0.25) is 11.8 Å². The van der Waals surface area contributed by atoms with Crippen molar-refractivity contribution < 1.29 is 9.59 Å². The molecule has 278 valence electrons. The Morgan fingerprint density at radius 3 is 1.72 bits per heavy atom. The fourth-order valence-electron chi connectivity index (χ4n) is 8.27. The topological polar surface area (TPSA) is 98.0 Å². The molecule has 6 aromatic rings. The number of nitrogens with one attached hydrogen (secondary N) is 2. The van der Waals surface area contributed by atoms with Crippen LogP contribution in [0.5, 0.6) is 0 Å². The van der Waals surface area contributed by atoms with E-state index in [1.807, 2.05) is 22.2 Å². The zero-order valence-electron chi connectivity index (χ0n) is 31.1. The molecule has 2 aliphatic heterocycles. The Labute approximate surface area is 325 Å². The van der Waals surface area contributed by atoms with Gasteiger partial charge in [0.1, 0.15) is 11.6 Å². The molecule has 2 N–H and O–H groups in total. The molecule has 4 aromatic heterocycles. The Kier molecular flexibility index (Phi) is 10.9. The number of thiophene rings is 2. The van der Waals surface area contributed by atoms with Crippen molar-refractivity contribution in [3.8, 4) is 33.6 Å². The summed E-state index contributed by atoms with van der Waals surface area (Å²) in [5.74, 6) is 2.21. The summed E-state index contributed by atoms with van der Waals surface area (Å²) in [5, 5.41) is 4.19. The second kappa shape index (κ2) is 16.3. The van der Waals surface area contributed by atoms with Crippen molar-refractivity contribution in [1.29, 1.82) is 0 Å². The van der Waals surface area contributed by atoms with Crippen LogP contribution in [0, 0.1) is 13.8 Å². The summed E-state index contributed by atoms with van der Waals surface area (Å²) in [5.41, 5.74) is 8.94. The van der Waals surface area contributed by atoms with Crippen LogP contribution < -0.4 is 0 Å². The highest BCUT2D eigenvalue weighted by molar-refractivity contribution is 7.10. The number of aryl methyl sites for hydroxylation is 2. The molecule has 2 aromatic carbocycles. The molecule has 54 heavy (non-hydrogen) atoms. The molecule has 0 aliphatic carbocycles. The van der Waals surface area contributed by atoms with E-state index in [-0.39, 0.29) is 23.9 Å². The summed E-state index contributed by atoms with van der Waals surface area (Å²) in [6.45, 7) is 5.95. The molecule has 2 fully saturated rings. The first-order valence-electron chi connectivity index (χ1n) is 19.4. The highest BCUT2D eigenvalue weighted by Gasteiger charge is 2.33. The maximum atomic E-state index is 13.2. The van der Waals surface area contributed by atoms with Crippen molar-refractivity contribution in [2.24, 2.45) is 0 Å². The minimum Gasteiger partial charge on any atom is -0.340 e. The van der Waals surface area contributed by atoms with Crippen LogP contribution in [0.3, 0.4) is 0 Å². The first kappa shape index (κ1) is 36.2. The number of likely N-dealkylation sites (tertiary alicyclic amines) is 2. The zero-order valence-corrected chi connectivity index (χ0v) is 32.8. The van der Waals surface area contributed by atoms with Gasteiger partial charge in [-0.3, -0.25) is 9.59 Å². The summed E-state index contributed by atoms with van der Waals surface area (Å²) in [4.78, 5) is 49.9. The number of H-pyrrole nitrogens is 2. The van der Waals surface area contributed by atoms with Crippen LogP contribution in [0.2, 0.25) is 0 Å². The predicted molar refractivity (Wildman–Crippen MR) is 218 cm³/mol. The van der Waals surface area contributed by atoms with Gasteiger partial charge in [0.25, 0.3) is 0 Å². The number of benzene rings is 2. The second-order valence-electron chi connectivity index (χ2n) is 14.7. The number of imidazole rings is 2. The van der Waals surface area contributed by atoms with E-state index in [2.05, 4.69) is 95.2 Å².